The van der Waals surface area contributed by atoms with Crippen molar-refractivity contribution in [2.75, 3.05) is 5.32 Å². The summed E-state index contributed by atoms with van der Waals surface area (Å²) in [4.78, 5) is 13.8. The van der Waals surface area contributed by atoms with E-state index in [-0.39, 0.29) is 11.9 Å². The topological polar surface area (TPSA) is 107 Å². The molecule has 0 saturated heterocycles. The van der Waals surface area contributed by atoms with Crippen LogP contribution in [0.5, 0.6) is 0 Å². The van der Waals surface area contributed by atoms with Crippen molar-refractivity contribution in [2.24, 2.45) is 11.5 Å². The average Bonchev–Trinajstić information content (AvgIpc) is 3.24. The fourth-order valence-electron chi connectivity index (χ4n) is 4.23. The Kier molecular flexibility index (Phi) is 5.74. The lowest BCUT2D eigenvalue weighted by atomic mass is 9.80. The van der Waals surface area contributed by atoms with Crippen LogP contribution in [0.15, 0.2) is 55.0 Å². The number of benzene rings is 1. The second-order valence-electron chi connectivity index (χ2n) is 8.65. The van der Waals surface area contributed by atoms with Crippen LogP contribution in [0.3, 0.4) is 0 Å². The first-order valence-corrected chi connectivity index (χ1v) is 11.3. The molecule has 0 radical (unpaired) electrons. The highest BCUT2D eigenvalue weighted by Crippen LogP contribution is 2.35. The zero-order valence-corrected chi connectivity index (χ0v) is 18.8. The van der Waals surface area contributed by atoms with Crippen LogP contribution in [-0.4, -0.2) is 25.4 Å². The number of rotatable bonds is 5. The van der Waals surface area contributed by atoms with Gasteiger partial charge in [0.25, 0.3) is 0 Å². The van der Waals surface area contributed by atoms with Gasteiger partial charge in [-0.05, 0) is 55.5 Å². The Hall–Kier alpha value is -3.07. The Labute approximate surface area is 196 Å². The summed E-state index contributed by atoms with van der Waals surface area (Å²) in [6.07, 6.45) is 8.46. The fourth-order valence-corrected chi connectivity index (χ4v) is 4.42. The maximum atomic E-state index is 13.2. The molecule has 1 aliphatic rings. The predicted octanol–water partition coefficient (Wildman–Crippen LogP) is 4.25. The number of halogens is 2. The molecule has 0 spiro atoms. The van der Waals surface area contributed by atoms with Crippen LogP contribution in [0.4, 0.5) is 10.1 Å². The van der Waals surface area contributed by atoms with E-state index in [2.05, 4.69) is 15.3 Å². The van der Waals surface area contributed by atoms with Gasteiger partial charge in [0, 0.05) is 25.0 Å². The van der Waals surface area contributed by atoms with E-state index in [1.165, 1.54) is 12.1 Å². The summed E-state index contributed by atoms with van der Waals surface area (Å²) in [5.41, 5.74) is 16.1. The third kappa shape index (κ3) is 4.42. The molecule has 3 aromatic heterocycles. The van der Waals surface area contributed by atoms with Crippen molar-refractivity contribution >= 4 is 22.9 Å². The summed E-state index contributed by atoms with van der Waals surface area (Å²) in [6.45, 7) is 0.562. The molecule has 7 nitrogen and oxygen atoms in total. The molecule has 5 rings (SSSR count). The van der Waals surface area contributed by atoms with E-state index >= 15 is 0 Å². The highest BCUT2D eigenvalue weighted by molar-refractivity contribution is 6.32. The third-order valence-electron chi connectivity index (χ3n) is 6.27. The Bertz CT molecular complexity index is 1280. The van der Waals surface area contributed by atoms with Crippen molar-refractivity contribution in [3.63, 3.8) is 0 Å². The van der Waals surface area contributed by atoms with Crippen molar-refractivity contribution in [1.82, 2.24) is 19.4 Å². The molecule has 1 aliphatic carbocycles. The van der Waals surface area contributed by atoms with Gasteiger partial charge in [-0.1, -0.05) is 23.7 Å². The van der Waals surface area contributed by atoms with Crippen molar-refractivity contribution in [2.45, 2.75) is 43.8 Å². The van der Waals surface area contributed by atoms with Crippen molar-refractivity contribution in [1.29, 1.82) is 0 Å². The largest absolute Gasteiger partial charge is 0.380 e. The highest BCUT2D eigenvalue weighted by atomic mass is 35.5. The molecule has 1 fully saturated rings. The number of fused-ring (bicyclic) bond motifs is 1. The molecular weight excluding hydrogens is 441 g/mol. The molecule has 4 aromatic rings. The summed E-state index contributed by atoms with van der Waals surface area (Å²) in [5, 5.41) is 3.79. The zero-order valence-electron chi connectivity index (χ0n) is 18.0. The summed E-state index contributed by atoms with van der Waals surface area (Å²) in [6, 6.07) is 10.5. The normalized spacial score (nSPS) is 20.8. The van der Waals surface area contributed by atoms with Crippen molar-refractivity contribution in [3.05, 3.63) is 77.2 Å². The van der Waals surface area contributed by atoms with E-state index < -0.39 is 5.54 Å². The molecule has 1 saturated carbocycles. The molecule has 9 heteroatoms. The van der Waals surface area contributed by atoms with Crippen LogP contribution in [0.25, 0.3) is 17.0 Å². The van der Waals surface area contributed by atoms with Gasteiger partial charge in [-0.3, -0.25) is 4.40 Å². The molecule has 3 heterocycles. The van der Waals surface area contributed by atoms with Gasteiger partial charge in [-0.2, -0.15) is 0 Å². The monoisotopic (exact) mass is 465 g/mol. The van der Waals surface area contributed by atoms with Crippen molar-refractivity contribution < 1.29 is 4.39 Å². The van der Waals surface area contributed by atoms with E-state index in [1.807, 2.05) is 22.7 Å². The van der Waals surface area contributed by atoms with E-state index in [9.17, 15) is 4.39 Å². The maximum Gasteiger partial charge on any atom is 0.148 e. The first kappa shape index (κ1) is 21.8. The van der Waals surface area contributed by atoms with Crippen LogP contribution < -0.4 is 16.8 Å². The smallest absolute Gasteiger partial charge is 0.148 e. The van der Waals surface area contributed by atoms with Gasteiger partial charge in [-0.25, -0.2) is 19.3 Å². The maximum absolute atomic E-state index is 13.2. The molecule has 0 amide bonds. The van der Waals surface area contributed by atoms with Gasteiger partial charge < -0.3 is 16.8 Å². The quantitative estimate of drug-likeness (QED) is 0.406. The number of hydrogen-bond acceptors (Lipinski definition) is 6. The molecule has 170 valence electrons. The van der Waals surface area contributed by atoms with Gasteiger partial charge in [0.15, 0.2) is 0 Å². The SMILES string of the molecule is NC1CCC(N)(c2ncc(Cl)c(-c3cnc4ccc(NCc5ccc(F)cc5)cn34)n2)CC1. The first-order valence-electron chi connectivity index (χ1n) is 10.9. The number of nitrogens with two attached hydrogens (primary N) is 2. The van der Waals surface area contributed by atoms with E-state index in [0.717, 1.165) is 48.3 Å². The lowest BCUT2D eigenvalue weighted by Gasteiger charge is -2.34. The van der Waals surface area contributed by atoms with Crippen molar-refractivity contribution in [3.8, 4) is 11.4 Å². The number of anilines is 1. The van der Waals surface area contributed by atoms with Crippen LogP contribution in [-0.2, 0) is 12.1 Å². The Morgan fingerprint density at radius 2 is 1.85 bits per heavy atom. The molecule has 0 unspecified atom stereocenters. The fraction of sp³-hybridized carbons (Fsp3) is 0.292. The van der Waals surface area contributed by atoms with Gasteiger partial charge >= 0.3 is 0 Å². The lowest BCUT2D eigenvalue weighted by Crippen LogP contribution is -2.45. The molecule has 0 bridgehead atoms. The Balaban J connectivity index is 1.46. The molecular formula is C24H25ClFN7. The minimum atomic E-state index is -0.614. The minimum absolute atomic E-state index is 0.174. The number of imidazole rings is 1. The van der Waals surface area contributed by atoms with Gasteiger partial charge in [0.05, 0.1) is 28.1 Å². The molecule has 33 heavy (non-hydrogen) atoms. The Morgan fingerprint density at radius 3 is 2.61 bits per heavy atom. The van der Waals surface area contributed by atoms with Crippen LogP contribution in [0.1, 0.15) is 37.1 Å². The lowest BCUT2D eigenvalue weighted by molar-refractivity contribution is 0.265. The number of nitrogens with zero attached hydrogens (tertiary/aromatic N) is 4. The summed E-state index contributed by atoms with van der Waals surface area (Å²) in [5.74, 6) is 0.328. The van der Waals surface area contributed by atoms with Gasteiger partial charge in [-0.15, -0.1) is 0 Å². The summed E-state index contributed by atoms with van der Waals surface area (Å²) < 4.78 is 15.1. The van der Waals surface area contributed by atoms with Crippen LogP contribution in [0.2, 0.25) is 5.02 Å². The second kappa shape index (κ2) is 8.70. The number of nitrogens with one attached hydrogen (secondary N) is 1. The second-order valence-corrected chi connectivity index (χ2v) is 9.06. The average molecular weight is 466 g/mol. The molecule has 5 N–H and O–H groups in total. The molecule has 0 aliphatic heterocycles. The number of aromatic nitrogens is 4. The molecule has 0 atom stereocenters. The highest BCUT2D eigenvalue weighted by Gasteiger charge is 2.35. The summed E-state index contributed by atoms with van der Waals surface area (Å²) >= 11 is 6.52. The van der Waals surface area contributed by atoms with Crippen LogP contribution in [0, 0.1) is 5.82 Å². The van der Waals surface area contributed by atoms with E-state index in [0.29, 0.717) is 23.1 Å². The van der Waals surface area contributed by atoms with Gasteiger partial charge in [0.2, 0.25) is 0 Å². The van der Waals surface area contributed by atoms with Crippen LogP contribution >= 0.6 is 11.6 Å². The summed E-state index contributed by atoms with van der Waals surface area (Å²) in [7, 11) is 0. The zero-order chi connectivity index (χ0) is 23.0. The third-order valence-corrected chi connectivity index (χ3v) is 6.55. The number of hydrogen-bond donors (Lipinski definition) is 3. The Morgan fingerprint density at radius 1 is 1.09 bits per heavy atom. The predicted molar refractivity (Wildman–Crippen MR) is 127 cm³/mol. The molecule has 1 aromatic carbocycles. The van der Waals surface area contributed by atoms with E-state index in [4.69, 9.17) is 28.1 Å². The van der Waals surface area contributed by atoms with Gasteiger partial charge in [0.1, 0.15) is 23.0 Å². The minimum Gasteiger partial charge on any atom is -0.380 e. The number of pyridine rings is 1. The standard InChI is InChI=1S/C24H25ClFN7/c25-19-12-31-23(24(28)9-7-17(27)8-10-24)32-22(19)20-13-30-21-6-5-18(14-33(20)21)29-11-15-1-3-16(26)4-2-15/h1-6,12-14,17,29H,7-11,27-28H2. The van der Waals surface area contributed by atoms with E-state index in [1.54, 1.807) is 24.5 Å². The first-order chi connectivity index (χ1) is 15.9.